The fraction of sp³-hybridized carbons (Fsp3) is 0.143. The van der Waals surface area contributed by atoms with Crippen molar-refractivity contribution >= 4 is 18.5 Å². The van der Waals surface area contributed by atoms with Gasteiger partial charge in [-0.3, -0.25) is 0 Å². The highest BCUT2D eigenvalue weighted by Gasteiger charge is 1.84. The Morgan fingerprint density at radius 3 is 2.22 bits per heavy atom. The molecule has 1 N–H and O–H groups in total. The lowest BCUT2D eigenvalue weighted by atomic mass is 10.2. The molecule has 0 fully saturated rings. The number of hydrogen-bond donors (Lipinski definition) is 2. The summed E-state index contributed by atoms with van der Waals surface area (Å²) in [6.45, 7) is 2.06. The largest absolute Gasteiger partial charge is 0.332 e. The highest BCUT2D eigenvalue weighted by Crippen LogP contribution is 2.08. The lowest BCUT2D eigenvalue weighted by Crippen LogP contribution is -1.78. The molecule has 1 aromatic carbocycles. The number of anilines is 1. The van der Waals surface area contributed by atoms with Gasteiger partial charge in [0.25, 0.3) is 0 Å². The standard InChI is InChI=1S/C7H9NS/c1-6-2-4-7(8-9)5-3-6/h2-5,8-9H,1H3. The Morgan fingerprint density at radius 2 is 1.78 bits per heavy atom. The highest BCUT2D eigenvalue weighted by molar-refractivity contribution is 7.81. The van der Waals surface area contributed by atoms with E-state index in [1.54, 1.807) is 0 Å². The zero-order valence-corrected chi connectivity index (χ0v) is 6.15. The fourth-order valence-electron chi connectivity index (χ4n) is 0.628. The topological polar surface area (TPSA) is 12.0 Å². The first kappa shape index (κ1) is 6.49. The zero-order chi connectivity index (χ0) is 6.69. The number of nitrogens with one attached hydrogen (secondary N) is 1. The number of thiol groups is 1. The molecule has 0 spiro atoms. The molecule has 48 valence electrons. The van der Waals surface area contributed by atoms with E-state index < -0.39 is 0 Å². The fourth-order valence-corrected chi connectivity index (χ4v) is 0.777. The minimum absolute atomic E-state index is 1.03. The van der Waals surface area contributed by atoms with Gasteiger partial charge in [-0.15, -0.1) is 0 Å². The Labute approximate surface area is 60.6 Å². The van der Waals surface area contributed by atoms with Gasteiger partial charge in [0.1, 0.15) is 0 Å². The zero-order valence-electron chi connectivity index (χ0n) is 5.26. The third kappa shape index (κ3) is 1.64. The summed E-state index contributed by atoms with van der Waals surface area (Å²) in [7, 11) is 0. The molecule has 0 aliphatic heterocycles. The Kier molecular flexibility index (Phi) is 2.01. The first-order valence-corrected chi connectivity index (χ1v) is 3.24. The first-order chi connectivity index (χ1) is 4.33. The second-order valence-corrected chi connectivity index (χ2v) is 2.20. The van der Waals surface area contributed by atoms with Crippen LogP contribution in [0, 0.1) is 6.92 Å². The summed E-state index contributed by atoms with van der Waals surface area (Å²) in [4.78, 5) is 0. The van der Waals surface area contributed by atoms with Crippen molar-refractivity contribution in [2.45, 2.75) is 6.92 Å². The summed E-state index contributed by atoms with van der Waals surface area (Å²) in [5.74, 6) is 0. The van der Waals surface area contributed by atoms with Crippen molar-refractivity contribution < 1.29 is 0 Å². The van der Waals surface area contributed by atoms with E-state index in [9.17, 15) is 0 Å². The van der Waals surface area contributed by atoms with E-state index in [-0.39, 0.29) is 0 Å². The number of rotatable bonds is 1. The molecule has 2 heteroatoms. The van der Waals surface area contributed by atoms with E-state index in [1.165, 1.54) is 5.56 Å². The third-order valence-electron chi connectivity index (χ3n) is 1.18. The molecule has 1 nitrogen and oxygen atoms in total. The minimum Gasteiger partial charge on any atom is -0.332 e. The Balaban J connectivity index is 2.88. The van der Waals surface area contributed by atoms with Gasteiger partial charge in [0.15, 0.2) is 0 Å². The lowest BCUT2D eigenvalue weighted by Gasteiger charge is -1.96. The van der Waals surface area contributed by atoms with Crippen molar-refractivity contribution in [2.75, 3.05) is 4.72 Å². The average Bonchev–Trinajstić information content (AvgIpc) is 1.90. The van der Waals surface area contributed by atoms with Gasteiger partial charge < -0.3 is 4.72 Å². The normalized spacial score (nSPS) is 9.11. The molecule has 0 heterocycles. The van der Waals surface area contributed by atoms with Gasteiger partial charge >= 0.3 is 0 Å². The quantitative estimate of drug-likeness (QED) is 0.569. The Hall–Kier alpha value is -0.630. The van der Waals surface area contributed by atoms with Crippen LogP contribution in [0.5, 0.6) is 0 Å². The van der Waals surface area contributed by atoms with E-state index in [2.05, 4.69) is 24.5 Å². The van der Waals surface area contributed by atoms with E-state index in [0.717, 1.165) is 5.69 Å². The Morgan fingerprint density at radius 1 is 1.22 bits per heavy atom. The molecule has 0 amide bonds. The maximum Gasteiger partial charge on any atom is 0.0438 e. The smallest absolute Gasteiger partial charge is 0.0438 e. The average molecular weight is 139 g/mol. The van der Waals surface area contributed by atoms with Crippen molar-refractivity contribution in [1.82, 2.24) is 0 Å². The van der Waals surface area contributed by atoms with Crippen LogP contribution < -0.4 is 4.72 Å². The van der Waals surface area contributed by atoms with Crippen LogP contribution >= 0.6 is 12.8 Å². The first-order valence-electron chi connectivity index (χ1n) is 2.79. The van der Waals surface area contributed by atoms with E-state index in [0.29, 0.717) is 0 Å². The van der Waals surface area contributed by atoms with E-state index in [4.69, 9.17) is 0 Å². The minimum atomic E-state index is 1.03. The second kappa shape index (κ2) is 2.78. The molecule has 0 unspecified atom stereocenters. The Bertz CT molecular complexity index is 181. The van der Waals surface area contributed by atoms with Gasteiger partial charge in [-0.05, 0) is 19.1 Å². The monoisotopic (exact) mass is 139 g/mol. The van der Waals surface area contributed by atoms with Crippen LogP contribution in [0.3, 0.4) is 0 Å². The summed E-state index contributed by atoms with van der Waals surface area (Å²) in [5.41, 5.74) is 2.30. The molecule has 0 aliphatic carbocycles. The number of aryl methyl sites for hydroxylation is 1. The van der Waals surface area contributed by atoms with Gasteiger partial charge in [0.2, 0.25) is 0 Å². The summed E-state index contributed by atoms with van der Waals surface area (Å²) < 4.78 is 2.75. The molecule has 0 bridgehead atoms. The second-order valence-electron chi connectivity index (χ2n) is 1.98. The van der Waals surface area contributed by atoms with Gasteiger partial charge in [-0.1, -0.05) is 30.5 Å². The van der Waals surface area contributed by atoms with Crippen LogP contribution in [0.25, 0.3) is 0 Å². The van der Waals surface area contributed by atoms with Gasteiger partial charge in [-0.2, -0.15) is 0 Å². The SMILES string of the molecule is Cc1ccc(NS)cc1. The van der Waals surface area contributed by atoms with Crippen LogP contribution in [0.1, 0.15) is 5.56 Å². The van der Waals surface area contributed by atoms with E-state index in [1.807, 2.05) is 24.3 Å². The molecule has 0 radical (unpaired) electrons. The van der Waals surface area contributed by atoms with Crippen molar-refractivity contribution in [3.63, 3.8) is 0 Å². The van der Waals surface area contributed by atoms with Crippen LogP contribution in [0.2, 0.25) is 0 Å². The number of hydrogen-bond acceptors (Lipinski definition) is 2. The van der Waals surface area contributed by atoms with Gasteiger partial charge in [0, 0.05) is 5.69 Å². The summed E-state index contributed by atoms with van der Waals surface area (Å²) in [6, 6.07) is 8.06. The van der Waals surface area contributed by atoms with Crippen molar-refractivity contribution in [1.29, 1.82) is 0 Å². The molecule has 0 aliphatic rings. The molecule has 1 aromatic rings. The molecule has 1 rings (SSSR count). The van der Waals surface area contributed by atoms with Crippen LogP contribution in [-0.4, -0.2) is 0 Å². The van der Waals surface area contributed by atoms with Gasteiger partial charge in [-0.25, -0.2) is 0 Å². The van der Waals surface area contributed by atoms with Crippen LogP contribution in [0.15, 0.2) is 24.3 Å². The van der Waals surface area contributed by atoms with Crippen LogP contribution in [0.4, 0.5) is 5.69 Å². The lowest BCUT2D eigenvalue weighted by molar-refractivity contribution is 1.47. The molecular weight excluding hydrogens is 130 g/mol. The van der Waals surface area contributed by atoms with Crippen molar-refractivity contribution in [2.24, 2.45) is 0 Å². The molecule has 0 aromatic heterocycles. The maximum atomic E-state index is 3.89. The number of benzene rings is 1. The summed E-state index contributed by atoms with van der Waals surface area (Å²) in [5, 5.41) is 0. The molecule has 0 atom stereocenters. The summed E-state index contributed by atoms with van der Waals surface area (Å²) >= 11 is 3.89. The molecule has 0 saturated carbocycles. The summed E-state index contributed by atoms with van der Waals surface area (Å²) in [6.07, 6.45) is 0. The van der Waals surface area contributed by atoms with Crippen molar-refractivity contribution in [3.8, 4) is 0 Å². The predicted octanol–water partition coefficient (Wildman–Crippen LogP) is 2.25. The van der Waals surface area contributed by atoms with Crippen molar-refractivity contribution in [3.05, 3.63) is 29.8 Å². The predicted molar refractivity (Wildman–Crippen MR) is 43.8 cm³/mol. The molecular formula is C7H9NS. The van der Waals surface area contributed by atoms with Crippen LogP contribution in [-0.2, 0) is 0 Å². The third-order valence-corrected chi connectivity index (χ3v) is 1.44. The highest BCUT2D eigenvalue weighted by atomic mass is 32.1. The van der Waals surface area contributed by atoms with E-state index >= 15 is 0 Å². The molecule has 0 saturated heterocycles. The van der Waals surface area contributed by atoms with Gasteiger partial charge in [0.05, 0.1) is 0 Å². The molecule has 9 heavy (non-hydrogen) atoms. The maximum absolute atomic E-state index is 3.89.